The van der Waals surface area contributed by atoms with Gasteiger partial charge in [-0.3, -0.25) is 9.48 Å². The average molecular weight is 260 g/mol. The van der Waals surface area contributed by atoms with Crippen molar-refractivity contribution < 1.29 is 9.90 Å². The van der Waals surface area contributed by atoms with Crippen LogP contribution in [0.4, 0.5) is 0 Å². The zero-order valence-electron chi connectivity index (χ0n) is 10.5. The quantitative estimate of drug-likeness (QED) is 0.750. The maximum Gasteiger partial charge on any atom is 0.224 e. The standard InChI is InChI=1S/C13H16N4O2/c18-12-5-2-1-4-11(12)10-13(19)14-6-3-8-17-9-7-15-16-17/h1-2,4-5,7,9,18H,3,6,8,10H2,(H,14,19). The molecule has 0 spiro atoms. The van der Waals surface area contributed by atoms with E-state index >= 15 is 0 Å². The van der Waals surface area contributed by atoms with Gasteiger partial charge in [0.1, 0.15) is 5.75 Å². The maximum absolute atomic E-state index is 11.7. The summed E-state index contributed by atoms with van der Waals surface area (Å²) in [4.78, 5) is 11.7. The zero-order chi connectivity index (χ0) is 13.5. The van der Waals surface area contributed by atoms with Crippen molar-refractivity contribution in [1.29, 1.82) is 0 Å². The summed E-state index contributed by atoms with van der Waals surface area (Å²) in [6.07, 6.45) is 4.38. The first-order valence-electron chi connectivity index (χ1n) is 6.13. The Morgan fingerprint density at radius 2 is 2.21 bits per heavy atom. The summed E-state index contributed by atoms with van der Waals surface area (Å²) in [6, 6.07) is 6.85. The SMILES string of the molecule is O=C(Cc1ccccc1O)NCCCn1ccnn1. The van der Waals surface area contributed by atoms with Crippen LogP contribution in [0.25, 0.3) is 0 Å². The van der Waals surface area contributed by atoms with Crippen molar-refractivity contribution in [3.8, 4) is 5.75 Å². The highest BCUT2D eigenvalue weighted by Gasteiger charge is 2.06. The Balaban J connectivity index is 1.69. The van der Waals surface area contributed by atoms with E-state index in [1.807, 2.05) is 0 Å². The Hall–Kier alpha value is -2.37. The molecular weight excluding hydrogens is 244 g/mol. The van der Waals surface area contributed by atoms with Crippen LogP contribution in [-0.2, 0) is 17.8 Å². The minimum atomic E-state index is -0.0971. The molecule has 0 radical (unpaired) electrons. The van der Waals surface area contributed by atoms with Crippen LogP contribution >= 0.6 is 0 Å². The molecule has 1 amide bonds. The van der Waals surface area contributed by atoms with Gasteiger partial charge in [0, 0.05) is 24.8 Å². The predicted octanol–water partition coefficient (Wildman–Crippen LogP) is 0.733. The molecular formula is C13H16N4O2. The monoisotopic (exact) mass is 260 g/mol. The van der Waals surface area contributed by atoms with Crippen LogP contribution in [0.15, 0.2) is 36.7 Å². The number of para-hydroxylation sites is 1. The number of phenols is 1. The number of carbonyl (C=O) groups excluding carboxylic acids is 1. The Morgan fingerprint density at radius 3 is 2.95 bits per heavy atom. The molecule has 0 aliphatic carbocycles. The highest BCUT2D eigenvalue weighted by molar-refractivity contribution is 5.79. The lowest BCUT2D eigenvalue weighted by molar-refractivity contribution is -0.120. The number of phenolic OH excluding ortho intramolecular Hbond substituents is 1. The summed E-state index contributed by atoms with van der Waals surface area (Å²) in [6.45, 7) is 1.29. The number of rotatable bonds is 6. The molecule has 2 N–H and O–H groups in total. The first kappa shape index (κ1) is 13.1. The second-order valence-corrected chi connectivity index (χ2v) is 4.18. The Morgan fingerprint density at radius 1 is 1.37 bits per heavy atom. The topological polar surface area (TPSA) is 80.0 Å². The van der Waals surface area contributed by atoms with Gasteiger partial charge >= 0.3 is 0 Å². The summed E-state index contributed by atoms with van der Waals surface area (Å²) in [7, 11) is 0. The van der Waals surface area contributed by atoms with Gasteiger partial charge in [-0.15, -0.1) is 5.10 Å². The van der Waals surface area contributed by atoms with E-state index in [1.165, 1.54) is 0 Å². The highest BCUT2D eigenvalue weighted by Crippen LogP contribution is 2.15. The van der Waals surface area contributed by atoms with Gasteiger partial charge in [0.2, 0.25) is 5.91 Å². The largest absolute Gasteiger partial charge is 0.508 e. The summed E-state index contributed by atoms with van der Waals surface area (Å²) in [5.41, 5.74) is 0.635. The molecule has 2 aromatic rings. The lowest BCUT2D eigenvalue weighted by Crippen LogP contribution is -2.26. The molecule has 0 fully saturated rings. The minimum absolute atomic E-state index is 0.0971. The van der Waals surface area contributed by atoms with Crippen molar-refractivity contribution in [1.82, 2.24) is 20.3 Å². The number of benzene rings is 1. The molecule has 0 aliphatic heterocycles. The van der Waals surface area contributed by atoms with Crippen LogP contribution in [-0.4, -0.2) is 32.6 Å². The maximum atomic E-state index is 11.7. The van der Waals surface area contributed by atoms with Crippen molar-refractivity contribution in [3.05, 3.63) is 42.2 Å². The Bertz CT molecular complexity index is 525. The van der Waals surface area contributed by atoms with E-state index in [0.29, 0.717) is 12.1 Å². The van der Waals surface area contributed by atoms with E-state index in [-0.39, 0.29) is 18.1 Å². The first-order valence-corrected chi connectivity index (χ1v) is 6.13. The molecule has 1 heterocycles. The van der Waals surface area contributed by atoms with E-state index in [9.17, 15) is 9.90 Å². The number of aromatic nitrogens is 3. The second-order valence-electron chi connectivity index (χ2n) is 4.18. The number of hydrogen-bond acceptors (Lipinski definition) is 4. The molecule has 0 saturated heterocycles. The molecule has 2 rings (SSSR count). The fourth-order valence-electron chi connectivity index (χ4n) is 1.72. The molecule has 1 aromatic carbocycles. The summed E-state index contributed by atoms with van der Waals surface area (Å²) >= 11 is 0. The van der Waals surface area contributed by atoms with Crippen LogP contribution in [0, 0.1) is 0 Å². The van der Waals surface area contributed by atoms with Gasteiger partial charge in [-0.25, -0.2) is 0 Å². The average Bonchev–Trinajstić information content (AvgIpc) is 2.91. The zero-order valence-corrected chi connectivity index (χ0v) is 10.5. The first-order chi connectivity index (χ1) is 9.25. The van der Waals surface area contributed by atoms with Gasteiger partial charge in [0.05, 0.1) is 12.6 Å². The lowest BCUT2D eigenvalue weighted by Gasteiger charge is -2.06. The van der Waals surface area contributed by atoms with Gasteiger partial charge < -0.3 is 10.4 Å². The number of carbonyl (C=O) groups is 1. The van der Waals surface area contributed by atoms with Crippen molar-refractivity contribution in [2.24, 2.45) is 0 Å². The van der Waals surface area contributed by atoms with Crippen LogP contribution in [0.2, 0.25) is 0 Å². The van der Waals surface area contributed by atoms with Crippen molar-refractivity contribution in [2.45, 2.75) is 19.4 Å². The third kappa shape index (κ3) is 4.09. The van der Waals surface area contributed by atoms with Gasteiger partial charge in [-0.05, 0) is 12.5 Å². The fourth-order valence-corrected chi connectivity index (χ4v) is 1.72. The molecule has 0 saturated carbocycles. The number of aromatic hydroxyl groups is 1. The molecule has 0 bridgehead atoms. The van der Waals surface area contributed by atoms with Crippen molar-refractivity contribution in [3.63, 3.8) is 0 Å². The number of hydrogen-bond donors (Lipinski definition) is 2. The fraction of sp³-hybridized carbons (Fsp3) is 0.308. The van der Waals surface area contributed by atoms with E-state index < -0.39 is 0 Å². The third-order valence-electron chi connectivity index (χ3n) is 2.70. The number of nitrogens with one attached hydrogen (secondary N) is 1. The molecule has 1 aromatic heterocycles. The van der Waals surface area contributed by atoms with Gasteiger partial charge in [-0.1, -0.05) is 23.4 Å². The van der Waals surface area contributed by atoms with E-state index in [1.54, 1.807) is 41.3 Å². The number of nitrogens with zero attached hydrogens (tertiary/aromatic N) is 3. The summed E-state index contributed by atoms with van der Waals surface area (Å²) < 4.78 is 1.72. The smallest absolute Gasteiger partial charge is 0.224 e. The Kier molecular flexibility index (Phi) is 4.49. The summed E-state index contributed by atoms with van der Waals surface area (Å²) in [5, 5.41) is 19.9. The van der Waals surface area contributed by atoms with E-state index in [4.69, 9.17) is 0 Å². The third-order valence-corrected chi connectivity index (χ3v) is 2.70. The molecule has 0 aliphatic rings. The van der Waals surface area contributed by atoms with Crippen molar-refractivity contribution in [2.75, 3.05) is 6.54 Å². The molecule has 0 unspecified atom stereocenters. The van der Waals surface area contributed by atoms with Gasteiger partial charge in [0.25, 0.3) is 0 Å². The van der Waals surface area contributed by atoms with Crippen molar-refractivity contribution >= 4 is 5.91 Å². The van der Waals surface area contributed by atoms with Crippen LogP contribution < -0.4 is 5.32 Å². The Labute approximate surface area is 111 Å². The predicted molar refractivity (Wildman–Crippen MR) is 69.5 cm³/mol. The van der Waals surface area contributed by atoms with Crippen LogP contribution in [0.5, 0.6) is 5.75 Å². The highest BCUT2D eigenvalue weighted by atomic mass is 16.3. The van der Waals surface area contributed by atoms with Crippen LogP contribution in [0.3, 0.4) is 0 Å². The van der Waals surface area contributed by atoms with Gasteiger partial charge in [0.15, 0.2) is 0 Å². The number of aryl methyl sites for hydroxylation is 1. The molecule has 0 atom stereocenters. The molecule has 6 heteroatoms. The number of amides is 1. The minimum Gasteiger partial charge on any atom is -0.508 e. The van der Waals surface area contributed by atoms with Crippen LogP contribution in [0.1, 0.15) is 12.0 Å². The molecule has 100 valence electrons. The second kappa shape index (κ2) is 6.53. The normalized spacial score (nSPS) is 10.3. The molecule has 19 heavy (non-hydrogen) atoms. The van der Waals surface area contributed by atoms with E-state index in [2.05, 4.69) is 15.6 Å². The summed E-state index contributed by atoms with van der Waals surface area (Å²) in [5.74, 6) is 0.0559. The molecule has 6 nitrogen and oxygen atoms in total. The van der Waals surface area contributed by atoms with Gasteiger partial charge in [-0.2, -0.15) is 0 Å². The van der Waals surface area contributed by atoms with E-state index in [0.717, 1.165) is 13.0 Å². The lowest BCUT2D eigenvalue weighted by atomic mass is 10.1.